The van der Waals surface area contributed by atoms with Crippen molar-refractivity contribution in [2.24, 2.45) is 4.99 Å². The van der Waals surface area contributed by atoms with E-state index in [0.29, 0.717) is 22.2 Å². The molecule has 0 saturated carbocycles. The Morgan fingerprint density at radius 3 is 2.64 bits per heavy atom. The molecule has 0 radical (unpaired) electrons. The Bertz CT molecular complexity index is 957. The third-order valence-electron chi connectivity index (χ3n) is 3.83. The number of aliphatic carboxylic acids is 1. The molecule has 28 heavy (non-hydrogen) atoms. The lowest BCUT2D eigenvalue weighted by atomic mass is 10.2. The maximum absolute atomic E-state index is 12.2. The fraction of sp³-hybridized carbons (Fsp3) is 0.150. The monoisotopic (exact) mass is 460 g/mol. The van der Waals surface area contributed by atoms with Crippen LogP contribution in [0.5, 0.6) is 5.75 Å². The number of amides is 1. The van der Waals surface area contributed by atoms with E-state index in [1.165, 1.54) is 11.8 Å². The van der Waals surface area contributed by atoms with E-state index in [1.807, 2.05) is 24.3 Å². The maximum Gasteiger partial charge on any atom is 0.344 e. The van der Waals surface area contributed by atoms with E-state index in [2.05, 4.69) is 26.2 Å². The number of carbonyl (C=O) groups excluding carboxylic acids is 1. The molecule has 144 valence electrons. The first-order valence-corrected chi connectivity index (χ1v) is 10.1. The zero-order chi connectivity index (χ0) is 20.1. The molecule has 1 fully saturated rings. The van der Waals surface area contributed by atoms with Gasteiger partial charge in [-0.25, -0.2) is 9.79 Å². The van der Waals surface area contributed by atoms with Crippen LogP contribution in [-0.4, -0.2) is 28.3 Å². The van der Waals surface area contributed by atoms with E-state index in [0.717, 1.165) is 15.7 Å². The Hall–Kier alpha value is -2.58. The number of benzene rings is 2. The van der Waals surface area contributed by atoms with E-state index in [-0.39, 0.29) is 5.91 Å². The summed E-state index contributed by atoms with van der Waals surface area (Å²) in [6, 6.07) is 14.4. The second-order valence-corrected chi connectivity index (χ2v) is 7.74. The summed E-state index contributed by atoms with van der Waals surface area (Å²) in [6.45, 7) is 1.75. The molecule has 2 aromatic rings. The summed E-state index contributed by atoms with van der Waals surface area (Å²) in [5.74, 6) is -0.742. The Morgan fingerprint density at radius 1 is 1.29 bits per heavy atom. The standard InChI is InChI=1S/C20H17BrN2O4S/c1-2-16(19(25)26)27-13-9-7-12(8-10-13)11-17-18(24)23-20(28-17)22-15-6-4-3-5-14(15)21/h3-11,16H,2H2,1H3,(H,25,26)(H,22,23,24)/b17-11+. The van der Waals surface area contributed by atoms with Crippen LogP contribution in [0.15, 0.2) is 62.9 Å². The van der Waals surface area contributed by atoms with Gasteiger partial charge in [-0.1, -0.05) is 31.2 Å². The largest absolute Gasteiger partial charge is 0.479 e. The van der Waals surface area contributed by atoms with Crippen molar-refractivity contribution in [2.75, 3.05) is 0 Å². The summed E-state index contributed by atoms with van der Waals surface area (Å²) in [4.78, 5) is 28.2. The number of halogens is 1. The van der Waals surface area contributed by atoms with Gasteiger partial charge in [0.15, 0.2) is 11.3 Å². The number of rotatable bonds is 6. The number of nitrogens with one attached hydrogen (secondary N) is 1. The first-order valence-electron chi connectivity index (χ1n) is 8.50. The van der Waals surface area contributed by atoms with Crippen LogP contribution in [0.4, 0.5) is 5.69 Å². The average molecular weight is 461 g/mol. The van der Waals surface area contributed by atoms with Crippen molar-refractivity contribution in [3.63, 3.8) is 0 Å². The molecule has 1 unspecified atom stereocenters. The van der Waals surface area contributed by atoms with Gasteiger partial charge in [0.05, 0.1) is 10.6 Å². The highest BCUT2D eigenvalue weighted by atomic mass is 79.9. The molecule has 1 amide bonds. The van der Waals surface area contributed by atoms with Crippen LogP contribution in [-0.2, 0) is 9.59 Å². The predicted molar refractivity (Wildman–Crippen MR) is 114 cm³/mol. The highest BCUT2D eigenvalue weighted by Crippen LogP contribution is 2.31. The normalized spacial score (nSPS) is 17.6. The summed E-state index contributed by atoms with van der Waals surface area (Å²) in [5.41, 5.74) is 1.53. The van der Waals surface area contributed by atoms with E-state index in [1.54, 1.807) is 37.3 Å². The number of aliphatic imine (C=N–C) groups is 1. The Balaban J connectivity index is 1.72. The number of carbonyl (C=O) groups is 2. The number of carboxylic acid groups (broad SMARTS) is 1. The summed E-state index contributed by atoms with van der Waals surface area (Å²) in [5, 5.41) is 12.3. The summed E-state index contributed by atoms with van der Waals surface area (Å²) in [6.07, 6.45) is 1.25. The number of hydrogen-bond acceptors (Lipinski definition) is 5. The van der Waals surface area contributed by atoms with Crippen molar-refractivity contribution in [2.45, 2.75) is 19.4 Å². The highest BCUT2D eigenvalue weighted by molar-refractivity contribution is 9.10. The highest BCUT2D eigenvalue weighted by Gasteiger charge is 2.24. The van der Waals surface area contributed by atoms with Crippen LogP contribution in [0, 0.1) is 0 Å². The van der Waals surface area contributed by atoms with Crippen LogP contribution in [0.25, 0.3) is 6.08 Å². The van der Waals surface area contributed by atoms with Gasteiger partial charge in [-0.15, -0.1) is 0 Å². The summed E-state index contributed by atoms with van der Waals surface area (Å²) >= 11 is 4.69. The van der Waals surface area contributed by atoms with Crippen LogP contribution < -0.4 is 10.1 Å². The molecule has 0 aliphatic carbocycles. The van der Waals surface area contributed by atoms with Gasteiger partial charge in [0, 0.05) is 4.47 Å². The van der Waals surface area contributed by atoms with Gasteiger partial charge in [0.25, 0.3) is 5.91 Å². The van der Waals surface area contributed by atoms with Gasteiger partial charge in [-0.2, -0.15) is 0 Å². The molecule has 1 saturated heterocycles. The zero-order valence-electron chi connectivity index (χ0n) is 14.9. The molecule has 1 heterocycles. The lowest BCUT2D eigenvalue weighted by Gasteiger charge is -2.13. The third-order valence-corrected chi connectivity index (χ3v) is 5.41. The van der Waals surface area contributed by atoms with E-state index in [9.17, 15) is 9.59 Å². The molecular weight excluding hydrogens is 444 g/mol. The third kappa shape index (κ3) is 5.02. The minimum atomic E-state index is -0.996. The molecule has 1 aliphatic rings. The van der Waals surface area contributed by atoms with Crippen LogP contribution in [0.1, 0.15) is 18.9 Å². The van der Waals surface area contributed by atoms with Gasteiger partial charge < -0.3 is 15.2 Å². The van der Waals surface area contributed by atoms with Crippen molar-refractivity contribution in [3.8, 4) is 5.75 Å². The van der Waals surface area contributed by atoms with Gasteiger partial charge in [0.1, 0.15) is 5.75 Å². The van der Waals surface area contributed by atoms with Crippen molar-refractivity contribution in [1.82, 2.24) is 5.32 Å². The second kappa shape index (κ2) is 9.07. The first-order chi connectivity index (χ1) is 13.5. The number of para-hydroxylation sites is 1. The number of hydrogen-bond donors (Lipinski definition) is 2. The van der Waals surface area contributed by atoms with Crippen molar-refractivity contribution >= 4 is 56.5 Å². The van der Waals surface area contributed by atoms with E-state index >= 15 is 0 Å². The van der Waals surface area contributed by atoms with Crippen LogP contribution >= 0.6 is 27.7 Å². The molecule has 6 nitrogen and oxygen atoms in total. The zero-order valence-corrected chi connectivity index (χ0v) is 17.3. The lowest BCUT2D eigenvalue weighted by Crippen LogP contribution is -2.25. The van der Waals surface area contributed by atoms with Crippen LogP contribution in [0.3, 0.4) is 0 Å². The van der Waals surface area contributed by atoms with Crippen molar-refractivity contribution in [3.05, 3.63) is 63.5 Å². The second-order valence-electron chi connectivity index (χ2n) is 5.86. The molecule has 1 aliphatic heterocycles. The van der Waals surface area contributed by atoms with Gasteiger partial charge >= 0.3 is 5.97 Å². The quantitative estimate of drug-likeness (QED) is 0.615. The lowest BCUT2D eigenvalue weighted by molar-refractivity contribution is -0.145. The fourth-order valence-corrected chi connectivity index (χ4v) is 3.61. The number of thioether (sulfide) groups is 1. The number of carboxylic acids is 1. The molecule has 0 aromatic heterocycles. The van der Waals surface area contributed by atoms with Gasteiger partial charge in [-0.3, -0.25) is 4.79 Å². The number of amidine groups is 1. The van der Waals surface area contributed by atoms with Crippen LogP contribution in [0.2, 0.25) is 0 Å². The molecule has 0 spiro atoms. The number of ether oxygens (including phenoxy) is 1. The van der Waals surface area contributed by atoms with Crippen molar-refractivity contribution < 1.29 is 19.4 Å². The van der Waals surface area contributed by atoms with Crippen molar-refractivity contribution in [1.29, 1.82) is 0 Å². The molecule has 0 bridgehead atoms. The minimum Gasteiger partial charge on any atom is -0.479 e. The van der Waals surface area contributed by atoms with E-state index in [4.69, 9.17) is 9.84 Å². The number of nitrogens with zero attached hydrogens (tertiary/aromatic N) is 1. The van der Waals surface area contributed by atoms with Gasteiger partial charge in [-0.05, 0) is 70.0 Å². The predicted octanol–water partition coefficient (Wildman–Crippen LogP) is 4.58. The average Bonchev–Trinajstić information content (AvgIpc) is 3.01. The molecule has 8 heteroatoms. The van der Waals surface area contributed by atoms with E-state index < -0.39 is 12.1 Å². The summed E-state index contributed by atoms with van der Waals surface area (Å²) in [7, 11) is 0. The topological polar surface area (TPSA) is 88.0 Å². The first kappa shape index (κ1) is 20.2. The smallest absolute Gasteiger partial charge is 0.344 e. The maximum atomic E-state index is 12.2. The molecule has 1 atom stereocenters. The SMILES string of the molecule is CCC(Oc1ccc(/C=C2/SC(=Nc3ccccc3Br)NC2=O)cc1)C(=O)O. The summed E-state index contributed by atoms with van der Waals surface area (Å²) < 4.78 is 6.28. The molecule has 3 rings (SSSR count). The Kier molecular flexibility index (Phi) is 6.53. The minimum absolute atomic E-state index is 0.215. The van der Waals surface area contributed by atoms with Gasteiger partial charge in [0.2, 0.25) is 0 Å². The molecule has 2 aromatic carbocycles. The fourth-order valence-electron chi connectivity index (χ4n) is 2.40. The Morgan fingerprint density at radius 2 is 2.00 bits per heavy atom. The Labute approximate surface area is 174 Å². The molecular formula is C20H17BrN2O4S. The molecule has 2 N–H and O–H groups in total.